The van der Waals surface area contributed by atoms with Crippen LogP contribution in [0.15, 0.2) is 48.7 Å². The Kier molecular flexibility index (Phi) is 4.82. The fourth-order valence-electron chi connectivity index (χ4n) is 2.13. The van der Waals surface area contributed by atoms with Gasteiger partial charge in [0.15, 0.2) is 0 Å². The fourth-order valence-corrected chi connectivity index (χ4v) is 2.13. The van der Waals surface area contributed by atoms with Crippen molar-refractivity contribution in [3.8, 4) is 0 Å². The monoisotopic (exact) mass is 272 g/mol. The van der Waals surface area contributed by atoms with Crippen molar-refractivity contribution < 1.29 is 9.53 Å². The molecule has 2 rings (SSSR count). The molecule has 106 valence electrons. The number of carbonyl (C=O) groups excluding carboxylic acids is 1. The van der Waals surface area contributed by atoms with E-state index in [1.165, 1.54) is 0 Å². The molecule has 0 unspecified atom stereocenters. The first-order chi connectivity index (χ1) is 9.70. The molecule has 0 fully saturated rings. The van der Waals surface area contributed by atoms with Crippen LogP contribution in [-0.2, 0) is 18.4 Å². The van der Waals surface area contributed by atoms with Gasteiger partial charge in [-0.3, -0.25) is 0 Å². The standard InChI is InChI=1S/C16H20N2O2/c1-3-14(15-10-7-11-18(15)2)17-16(19)20-12-13-8-5-4-6-9-13/h4-11,14H,3,12H2,1-2H3,(H,17,19)/t14-/m0/s1. The van der Waals surface area contributed by atoms with E-state index in [9.17, 15) is 4.79 Å². The van der Waals surface area contributed by atoms with Crippen LogP contribution in [0.3, 0.4) is 0 Å². The van der Waals surface area contributed by atoms with Crippen LogP contribution in [0.25, 0.3) is 0 Å². The largest absolute Gasteiger partial charge is 0.445 e. The smallest absolute Gasteiger partial charge is 0.408 e. The Morgan fingerprint density at radius 2 is 2.00 bits per heavy atom. The van der Waals surface area contributed by atoms with Crippen molar-refractivity contribution in [3.63, 3.8) is 0 Å². The summed E-state index contributed by atoms with van der Waals surface area (Å²) in [7, 11) is 1.97. The van der Waals surface area contributed by atoms with Gasteiger partial charge in [-0.2, -0.15) is 0 Å². The molecule has 2 aromatic rings. The van der Waals surface area contributed by atoms with Crippen LogP contribution >= 0.6 is 0 Å². The molecule has 0 saturated carbocycles. The highest BCUT2D eigenvalue weighted by Crippen LogP contribution is 2.16. The molecule has 1 N–H and O–H groups in total. The number of aryl methyl sites for hydroxylation is 1. The third kappa shape index (κ3) is 3.63. The summed E-state index contributed by atoms with van der Waals surface area (Å²) in [4.78, 5) is 11.8. The summed E-state index contributed by atoms with van der Waals surface area (Å²) in [5.41, 5.74) is 2.05. The van der Waals surface area contributed by atoms with Crippen LogP contribution in [0, 0.1) is 0 Å². The average Bonchev–Trinajstić information content (AvgIpc) is 2.90. The predicted molar refractivity (Wildman–Crippen MR) is 78.2 cm³/mol. The second-order valence-electron chi connectivity index (χ2n) is 4.71. The Bertz CT molecular complexity index is 549. The summed E-state index contributed by atoms with van der Waals surface area (Å²) in [5, 5.41) is 2.90. The summed E-state index contributed by atoms with van der Waals surface area (Å²) in [6.07, 6.45) is 2.40. The number of alkyl carbamates (subject to hydrolysis) is 1. The SMILES string of the molecule is CC[C@H](NC(=O)OCc1ccccc1)c1cccn1C. The first-order valence-corrected chi connectivity index (χ1v) is 6.79. The van der Waals surface area contributed by atoms with Gasteiger partial charge in [0, 0.05) is 18.9 Å². The Labute approximate surface area is 119 Å². The normalized spacial score (nSPS) is 11.9. The maximum absolute atomic E-state index is 11.8. The van der Waals surface area contributed by atoms with Gasteiger partial charge in [0.05, 0.1) is 6.04 Å². The van der Waals surface area contributed by atoms with E-state index < -0.39 is 0 Å². The molecule has 0 aliphatic rings. The lowest BCUT2D eigenvalue weighted by molar-refractivity contribution is 0.135. The van der Waals surface area contributed by atoms with Gasteiger partial charge in [-0.15, -0.1) is 0 Å². The molecule has 0 aliphatic heterocycles. The van der Waals surface area contributed by atoms with Gasteiger partial charge in [-0.05, 0) is 24.1 Å². The molecule has 4 nitrogen and oxygen atoms in total. The second kappa shape index (κ2) is 6.80. The molecule has 0 saturated heterocycles. The molecule has 0 radical (unpaired) electrons. The Morgan fingerprint density at radius 1 is 1.25 bits per heavy atom. The lowest BCUT2D eigenvalue weighted by Crippen LogP contribution is -2.29. The number of ether oxygens (including phenoxy) is 1. The molecule has 1 heterocycles. The molecule has 0 aliphatic carbocycles. The minimum atomic E-state index is -0.387. The molecule has 20 heavy (non-hydrogen) atoms. The zero-order valence-corrected chi connectivity index (χ0v) is 11.9. The van der Waals surface area contributed by atoms with Crippen molar-refractivity contribution in [2.24, 2.45) is 7.05 Å². The van der Waals surface area contributed by atoms with E-state index in [0.29, 0.717) is 0 Å². The molecule has 4 heteroatoms. The highest BCUT2D eigenvalue weighted by atomic mass is 16.5. The highest BCUT2D eigenvalue weighted by Gasteiger charge is 2.15. The number of amides is 1. The van der Waals surface area contributed by atoms with Crippen LogP contribution in [-0.4, -0.2) is 10.7 Å². The van der Waals surface area contributed by atoms with Gasteiger partial charge in [0.1, 0.15) is 6.61 Å². The molecular formula is C16H20N2O2. The van der Waals surface area contributed by atoms with Crippen LogP contribution in [0.1, 0.15) is 30.6 Å². The first-order valence-electron chi connectivity index (χ1n) is 6.79. The summed E-state index contributed by atoms with van der Waals surface area (Å²) in [6, 6.07) is 13.6. The number of benzene rings is 1. The number of nitrogens with zero attached hydrogens (tertiary/aromatic N) is 1. The minimum Gasteiger partial charge on any atom is -0.445 e. The molecule has 1 amide bonds. The van der Waals surface area contributed by atoms with Crippen LogP contribution in [0.4, 0.5) is 4.79 Å². The molecule has 0 bridgehead atoms. The Hall–Kier alpha value is -2.23. The number of hydrogen-bond acceptors (Lipinski definition) is 2. The maximum Gasteiger partial charge on any atom is 0.408 e. The van der Waals surface area contributed by atoms with Crippen molar-refractivity contribution in [3.05, 3.63) is 59.9 Å². The molecule has 0 spiro atoms. The van der Waals surface area contributed by atoms with E-state index in [0.717, 1.165) is 17.7 Å². The lowest BCUT2D eigenvalue weighted by atomic mass is 10.1. The summed E-state index contributed by atoms with van der Waals surface area (Å²) in [6.45, 7) is 2.32. The Balaban J connectivity index is 1.88. The summed E-state index contributed by atoms with van der Waals surface area (Å²) in [5.74, 6) is 0. The molecule has 1 atom stereocenters. The third-order valence-corrected chi connectivity index (χ3v) is 3.25. The quantitative estimate of drug-likeness (QED) is 0.906. The molecular weight excluding hydrogens is 252 g/mol. The van der Waals surface area contributed by atoms with E-state index in [-0.39, 0.29) is 18.7 Å². The van der Waals surface area contributed by atoms with Gasteiger partial charge in [-0.1, -0.05) is 37.3 Å². The van der Waals surface area contributed by atoms with E-state index >= 15 is 0 Å². The van der Waals surface area contributed by atoms with Gasteiger partial charge < -0.3 is 14.6 Å². The van der Waals surface area contributed by atoms with Crippen molar-refractivity contribution in [1.82, 2.24) is 9.88 Å². The zero-order chi connectivity index (χ0) is 14.4. The number of aromatic nitrogens is 1. The predicted octanol–water partition coefficient (Wildman–Crippen LogP) is 3.40. The molecule has 1 aromatic heterocycles. The number of rotatable bonds is 5. The van der Waals surface area contributed by atoms with E-state index in [2.05, 4.69) is 5.32 Å². The molecule has 1 aromatic carbocycles. The third-order valence-electron chi connectivity index (χ3n) is 3.25. The zero-order valence-electron chi connectivity index (χ0n) is 11.9. The van der Waals surface area contributed by atoms with Crippen LogP contribution in [0.5, 0.6) is 0 Å². The van der Waals surface area contributed by atoms with Crippen molar-refractivity contribution in [1.29, 1.82) is 0 Å². The summed E-state index contributed by atoms with van der Waals surface area (Å²) >= 11 is 0. The van der Waals surface area contributed by atoms with Crippen LogP contribution in [0.2, 0.25) is 0 Å². The van der Waals surface area contributed by atoms with Gasteiger partial charge in [0.2, 0.25) is 0 Å². The number of carbonyl (C=O) groups is 1. The summed E-state index contributed by atoms with van der Waals surface area (Å²) < 4.78 is 7.24. The topological polar surface area (TPSA) is 43.3 Å². The number of nitrogens with one attached hydrogen (secondary N) is 1. The van der Waals surface area contributed by atoms with Crippen molar-refractivity contribution in [2.75, 3.05) is 0 Å². The maximum atomic E-state index is 11.8. The average molecular weight is 272 g/mol. The Morgan fingerprint density at radius 3 is 2.60 bits per heavy atom. The van der Waals surface area contributed by atoms with E-state index in [4.69, 9.17) is 4.74 Å². The van der Waals surface area contributed by atoms with Gasteiger partial charge in [-0.25, -0.2) is 4.79 Å². The van der Waals surface area contributed by atoms with E-state index in [1.54, 1.807) is 0 Å². The van der Waals surface area contributed by atoms with Gasteiger partial charge >= 0.3 is 6.09 Å². The van der Waals surface area contributed by atoms with Gasteiger partial charge in [0.25, 0.3) is 0 Å². The number of hydrogen-bond donors (Lipinski definition) is 1. The first kappa shape index (κ1) is 14.2. The highest BCUT2D eigenvalue weighted by molar-refractivity contribution is 5.67. The van der Waals surface area contributed by atoms with Crippen molar-refractivity contribution >= 4 is 6.09 Å². The second-order valence-corrected chi connectivity index (χ2v) is 4.71. The minimum absolute atomic E-state index is 0.0294. The van der Waals surface area contributed by atoms with Crippen molar-refractivity contribution in [2.45, 2.75) is 26.0 Å². The fraction of sp³-hybridized carbons (Fsp3) is 0.312. The lowest BCUT2D eigenvalue weighted by Gasteiger charge is -2.18. The van der Waals surface area contributed by atoms with Crippen LogP contribution < -0.4 is 5.32 Å². The van der Waals surface area contributed by atoms with E-state index in [1.807, 2.05) is 67.2 Å².